The zero-order chi connectivity index (χ0) is 24.5. The van der Waals surface area contributed by atoms with Gasteiger partial charge in [0.15, 0.2) is 23.3 Å². The third kappa shape index (κ3) is 4.83. The van der Waals surface area contributed by atoms with Crippen LogP contribution in [0.1, 0.15) is 60.0 Å². The maximum atomic E-state index is 14.8. The Kier molecular flexibility index (Phi) is 6.61. The van der Waals surface area contributed by atoms with Gasteiger partial charge < -0.3 is 4.74 Å². The molecular formula is C30H26F4O. The van der Waals surface area contributed by atoms with Gasteiger partial charge in [-0.15, -0.1) is 0 Å². The molecule has 180 valence electrons. The molecule has 0 aromatic heterocycles. The lowest BCUT2D eigenvalue weighted by Gasteiger charge is -2.27. The third-order valence-corrected chi connectivity index (χ3v) is 7.15. The number of hydrogen-bond acceptors (Lipinski definition) is 1. The monoisotopic (exact) mass is 478 g/mol. The molecule has 5 heteroatoms. The largest absolute Gasteiger partial charge is 0.368 e. The molecule has 0 amide bonds. The average molecular weight is 479 g/mol. The van der Waals surface area contributed by atoms with Crippen LogP contribution < -0.4 is 0 Å². The van der Waals surface area contributed by atoms with Gasteiger partial charge in [0.1, 0.15) is 6.10 Å². The van der Waals surface area contributed by atoms with Crippen LogP contribution in [0.15, 0.2) is 61.2 Å². The summed E-state index contributed by atoms with van der Waals surface area (Å²) in [6.07, 6.45) is 7.85. The number of halogens is 4. The Morgan fingerprint density at radius 3 is 2.06 bits per heavy atom. The van der Waals surface area contributed by atoms with Crippen molar-refractivity contribution in [3.63, 3.8) is 0 Å². The van der Waals surface area contributed by atoms with Crippen molar-refractivity contribution >= 4 is 12.2 Å². The highest BCUT2D eigenvalue weighted by Gasteiger charge is 2.32. The number of benzene rings is 3. The number of allylic oxidation sites excluding steroid dienone is 1. The van der Waals surface area contributed by atoms with Crippen LogP contribution in [-0.4, -0.2) is 6.61 Å². The quantitative estimate of drug-likeness (QED) is 0.255. The summed E-state index contributed by atoms with van der Waals surface area (Å²) in [6.45, 7) is 4.13. The standard InChI is InChI=1S/C30H26F4O/c1-2-18-3-8-20(9-4-18)23-14-13-22(27(31)28(23)32)12-7-19-5-10-21(11-6-19)24-15-16-25(26-17-35-26)30(34)29(24)33/h2-4,7-9,12-16,19,21,26H,1,5-6,10-11,17H2/b12-7+. The fourth-order valence-corrected chi connectivity index (χ4v) is 4.95. The smallest absolute Gasteiger partial charge is 0.167 e. The second-order valence-electron chi connectivity index (χ2n) is 9.32. The highest BCUT2D eigenvalue weighted by molar-refractivity contribution is 5.68. The first kappa shape index (κ1) is 23.6. The molecule has 1 saturated carbocycles. The second-order valence-corrected chi connectivity index (χ2v) is 9.32. The van der Waals surface area contributed by atoms with Crippen molar-refractivity contribution in [3.05, 3.63) is 107 Å². The van der Waals surface area contributed by atoms with Crippen LogP contribution in [0.4, 0.5) is 17.6 Å². The molecule has 0 N–H and O–H groups in total. The molecular weight excluding hydrogens is 452 g/mol. The van der Waals surface area contributed by atoms with Gasteiger partial charge in [0, 0.05) is 16.7 Å². The van der Waals surface area contributed by atoms with Crippen molar-refractivity contribution in [3.8, 4) is 11.1 Å². The SMILES string of the molecule is C=Cc1ccc(-c2ccc(/C=C/C3CCC(c4ccc(C5CO5)c(F)c4F)CC3)c(F)c2F)cc1. The van der Waals surface area contributed by atoms with E-state index in [1.54, 1.807) is 60.7 Å². The van der Waals surface area contributed by atoms with Crippen LogP contribution >= 0.6 is 0 Å². The van der Waals surface area contributed by atoms with Crippen LogP contribution in [0.5, 0.6) is 0 Å². The van der Waals surface area contributed by atoms with E-state index in [9.17, 15) is 17.6 Å². The van der Waals surface area contributed by atoms with Gasteiger partial charge >= 0.3 is 0 Å². The molecule has 1 atom stereocenters. The minimum Gasteiger partial charge on any atom is -0.368 e. The number of rotatable bonds is 6. The molecule has 1 aliphatic carbocycles. The Morgan fingerprint density at radius 2 is 1.40 bits per heavy atom. The molecule has 0 bridgehead atoms. The third-order valence-electron chi connectivity index (χ3n) is 7.15. The van der Waals surface area contributed by atoms with Gasteiger partial charge in [-0.05, 0) is 54.2 Å². The highest BCUT2D eigenvalue weighted by atomic mass is 19.2. The van der Waals surface area contributed by atoms with Crippen LogP contribution in [-0.2, 0) is 4.74 Å². The van der Waals surface area contributed by atoms with Gasteiger partial charge in [0.05, 0.1) is 6.61 Å². The zero-order valence-electron chi connectivity index (χ0n) is 19.2. The molecule has 1 unspecified atom stereocenters. The summed E-state index contributed by atoms with van der Waals surface area (Å²) in [4.78, 5) is 0. The fraction of sp³-hybridized carbons (Fsp3) is 0.267. The lowest BCUT2D eigenvalue weighted by molar-refractivity contribution is 0.361. The number of ether oxygens (including phenoxy) is 1. The van der Waals surface area contributed by atoms with E-state index in [0.29, 0.717) is 30.6 Å². The molecule has 1 saturated heterocycles. The summed E-state index contributed by atoms with van der Waals surface area (Å²) in [5, 5.41) is 0. The first-order valence-electron chi connectivity index (χ1n) is 11.9. The molecule has 5 rings (SSSR count). The normalized spacial score (nSPS) is 21.9. The molecule has 3 aromatic carbocycles. The summed E-state index contributed by atoms with van der Waals surface area (Å²) in [5.41, 5.74) is 2.62. The van der Waals surface area contributed by atoms with Gasteiger partial charge in [-0.3, -0.25) is 0 Å². The van der Waals surface area contributed by atoms with Crippen molar-refractivity contribution in [2.75, 3.05) is 6.61 Å². The highest BCUT2D eigenvalue weighted by Crippen LogP contribution is 2.40. The van der Waals surface area contributed by atoms with E-state index in [0.717, 1.165) is 18.4 Å². The van der Waals surface area contributed by atoms with E-state index >= 15 is 0 Å². The first-order chi connectivity index (χ1) is 17.0. The number of epoxide rings is 1. The zero-order valence-corrected chi connectivity index (χ0v) is 19.2. The van der Waals surface area contributed by atoms with Crippen LogP contribution in [0.2, 0.25) is 0 Å². The van der Waals surface area contributed by atoms with Crippen LogP contribution in [0, 0.1) is 29.2 Å². The van der Waals surface area contributed by atoms with E-state index in [4.69, 9.17) is 4.74 Å². The Labute approximate surface area is 202 Å². The van der Waals surface area contributed by atoms with Crippen LogP contribution in [0.25, 0.3) is 23.3 Å². The molecule has 0 radical (unpaired) electrons. The van der Waals surface area contributed by atoms with Gasteiger partial charge in [-0.25, -0.2) is 17.6 Å². The van der Waals surface area contributed by atoms with Crippen molar-refractivity contribution in [1.29, 1.82) is 0 Å². The average Bonchev–Trinajstić information content (AvgIpc) is 3.72. The predicted octanol–water partition coefficient (Wildman–Crippen LogP) is 8.61. The molecule has 3 aromatic rings. The summed E-state index contributed by atoms with van der Waals surface area (Å²) in [5.74, 6) is -3.20. The Hall–Kier alpha value is -3.18. The maximum Gasteiger partial charge on any atom is 0.167 e. The summed E-state index contributed by atoms with van der Waals surface area (Å²) in [7, 11) is 0. The minimum atomic E-state index is -0.877. The fourth-order valence-electron chi connectivity index (χ4n) is 4.95. The molecule has 35 heavy (non-hydrogen) atoms. The minimum absolute atomic E-state index is 0.0516. The van der Waals surface area contributed by atoms with E-state index < -0.39 is 23.3 Å². The maximum absolute atomic E-state index is 14.8. The van der Waals surface area contributed by atoms with Gasteiger partial charge in [-0.2, -0.15) is 0 Å². The first-order valence-corrected chi connectivity index (χ1v) is 11.9. The summed E-state index contributed by atoms with van der Waals surface area (Å²) < 4.78 is 63.7. The molecule has 1 heterocycles. The summed E-state index contributed by atoms with van der Waals surface area (Å²) in [6, 6.07) is 13.6. The van der Waals surface area contributed by atoms with E-state index in [1.807, 2.05) is 6.08 Å². The Balaban J connectivity index is 1.25. The number of hydrogen-bond donors (Lipinski definition) is 0. The molecule has 0 spiro atoms. The van der Waals surface area contributed by atoms with Crippen molar-refractivity contribution in [1.82, 2.24) is 0 Å². The Bertz CT molecular complexity index is 1270. The Morgan fingerprint density at radius 1 is 0.743 bits per heavy atom. The van der Waals surface area contributed by atoms with Gasteiger partial charge in [0.2, 0.25) is 0 Å². The molecule has 1 nitrogen and oxygen atoms in total. The van der Waals surface area contributed by atoms with Crippen LogP contribution in [0.3, 0.4) is 0 Å². The van der Waals surface area contributed by atoms with Crippen molar-refractivity contribution in [2.45, 2.75) is 37.7 Å². The van der Waals surface area contributed by atoms with E-state index in [2.05, 4.69) is 6.58 Å². The van der Waals surface area contributed by atoms with E-state index in [1.165, 1.54) is 0 Å². The lowest BCUT2D eigenvalue weighted by atomic mass is 9.78. The van der Waals surface area contributed by atoms with Gasteiger partial charge in [-0.1, -0.05) is 73.3 Å². The predicted molar refractivity (Wildman–Crippen MR) is 131 cm³/mol. The van der Waals surface area contributed by atoms with Crippen molar-refractivity contribution in [2.24, 2.45) is 5.92 Å². The molecule has 1 aliphatic heterocycles. The topological polar surface area (TPSA) is 12.5 Å². The lowest BCUT2D eigenvalue weighted by Crippen LogP contribution is -2.14. The van der Waals surface area contributed by atoms with Crippen molar-refractivity contribution < 1.29 is 22.3 Å². The molecule has 2 aliphatic rings. The van der Waals surface area contributed by atoms with Gasteiger partial charge in [0.25, 0.3) is 0 Å². The second kappa shape index (κ2) is 9.82. The molecule has 2 fully saturated rings. The summed E-state index contributed by atoms with van der Waals surface area (Å²) >= 11 is 0. The van der Waals surface area contributed by atoms with E-state index in [-0.39, 0.29) is 34.6 Å².